The fourth-order valence-corrected chi connectivity index (χ4v) is 5.61. The highest BCUT2D eigenvalue weighted by molar-refractivity contribution is 7.89. The van der Waals surface area contributed by atoms with Crippen LogP contribution in [-0.4, -0.2) is 29.6 Å². The average molecular weight is 421 g/mol. The fourth-order valence-electron chi connectivity index (χ4n) is 3.89. The smallest absolute Gasteiger partial charge is 0.245 e. The number of sulfonamides is 1. The predicted molar refractivity (Wildman–Crippen MR) is 116 cm³/mol. The summed E-state index contributed by atoms with van der Waals surface area (Å²) in [5, 5.41) is 0. The van der Waals surface area contributed by atoms with E-state index < -0.39 is 22.2 Å². The van der Waals surface area contributed by atoms with Crippen LogP contribution in [0.3, 0.4) is 0 Å². The highest BCUT2D eigenvalue weighted by Crippen LogP contribution is 2.39. The Bertz CT molecular complexity index is 1130. The summed E-state index contributed by atoms with van der Waals surface area (Å²) in [7, 11) is -3.89. The fraction of sp³-hybridized carbons (Fsp3) is 0.208. The van der Waals surface area contributed by atoms with Crippen LogP contribution in [0.25, 0.3) is 0 Å². The van der Waals surface area contributed by atoms with Crippen LogP contribution in [0.5, 0.6) is 0 Å². The molecule has 1 amide bonds. The number of carbonyl (C=O) groups excluding carboxylic acids is 1. The quantitative estimate of drug-likeness (QED) is 0.624. The first-order valence-corrected chi connectivity index (χ1v) is 11.3. The first-order chi connectivity index (χ1) is 14.4. The largest absolute Gasteiger partial charge is 0.316 e. The Morgan fingerprint density at radius 2 is 1.40 bits per heavy atom. The Balaban J connectivity index is 1.82. The van der Waals surface area contributed by atoms with E-state index in [1.165, 1.54) is 4.31 Å². The van der Waals surface area contributed by atoms with Crippen LogP contribution in [0.2, 0.25) is 0 Å². The molecule has 0 aliphatic carbocycles. The lowest BCUT2D eigenvalue weighted by atomic mass is 10.1. The Morgan fingerprint density at radius 1 is 0.833 bits per heavy atom. The second kappa shape index (κ2) is 8.05. The number of aryl methyl sites for hydroxylation is 1. The maximum Gasteiger partial charge on any atom is 0.245 e. The third-order valence-electron chi connectivity index (χ3n) is 5.45. The molecule has 1 unspecified atom stereocenters. The molecule has 1 aliphatic rings. The summed E-state index contributed by atoms with van der Waals surface area (Å²) in [6, 6.07) is 24.9. The highest BCUT2D eigenvalue weighted by atomic mass is 32.2. The van der Waals surface area contributed by atoms with Gasteiger partial charge in [-0.05, 0) is 37.1 Å². The molecule has 6 heteroatoms. The number of benzene rings is 3. The van der Waals surface area contributed by atoms with Crippen LogP contribution in [-0.2, 0) is 21.4 Å². The Kier molecular flexibility index (Phi) is 5.45. The Hall–Kier alpha value is -2.96. The zero-order valence-corrected chi connectivity index (χ0v) is 17.8. The van der Waals surface area contributed by atoms with Crippen molar-refractivity contribution in [1.82, 2.24) is 9.21 Å². The average Bonchev–Trinajstić information content (AvgIpc) is 3.01. The van der Waals surface area contributed by atoms with E-state index in [1.54, 1.807) is 36.1 Å². The summed E-state index contributed by atoms with van der Waals surface area (Å²) in [4.78, 5) is 15.1. The third kappa shape index (κ3) is 3.64. The lowest BCUT2D eigenvalue weighted by Gasteiger charge is -2.30. The monoisotopic (exact) mass is 420 g/mol. The van der Waals surface area contributed by atoms with Crippen LogP contribution in [0.15, 0.2) is 89.8 Å². The number of hydrogen-bond acceptors (Lipinski definition) is 3. The van der Waals surface area contributed by atoms with Crippen LogP contribution >= 0.6 is 0 Å². The van der Waals surface area contributed by atoms with E-state index in [9.17, 15) is 13.2 Å². The van der Waals surface area contributed by atoms with Crippen molar-refractivity contribution >= 4 is 15.9 Å². The molecule has 0 N–H and O–H groups in total. The topological polar surface area (TPSA) is 57.7 Å². The van der Waals surface area contributed by atoms with E-state index in [0.29, 0.717) is 6.54 Å². The first kappa shape index (κ1) is 20.3. The van der Waals surface area contributed by atoms with Crippen molar-refractivity contribution in [3.05, 3.63) is 102 Å². The van der Waals surface area contributed by atoms with Gasteiger partial charge in [0.25, 0.3) is 0 Å². The molecule has 4 rings (SSSR count). The maximum absolute atomic E-state index is 13.6. The highest BCUT2D eigenvalue weighted by Gasteiger charge is 2.50. The van der Waals surface area contributed by atoms with Gasteiger partial charge in [0.1, 0.15) is 12.2 Å². The van der Waals surface area contributed by atoms with Crippen LogP contribution in [0.1, 0.15) is 29.8 Å². The van der Waals surface area contributed by atoms with Gasteiger partial charge in [-0.15, -0.1) is 0 Å². The Labute approximate surface area is 177 Å². The maximum atomic E-state index is 13.6. The number of carbonyl (C=O) groups is 1. The molecule has 3 aromatic rings. The van der Waals surface area contributed by atoms with Gasteiger partial charge in [0, 0.05) is 6.54 Å². The van der Waals surface area contributed by atoms with E-state index in [2.05, 4.69) is 0 Å². The molecule has 30 heavy (non-hydrogen) atoms. The van der Waals surface area contributed by atoms with Crippen molar-refractivity contribution in [3.63, 3.8) is 0 Å². The molecule has 1 saturated heterocycles. The van der Waals surface area contributed by atoms with Gasteiger partial charge in [-0.3, -0.25) is 4.79 Å². The van der Waals surface area contributed by atoms with Crippen molar-refractivity contribution in [2.45, 2.75) is 37.5 Å². The van der Waals surface area contributed by atoms with Crippen molar-refractivity contribution in [1.29, 1.82) is 0 Å². The molecule has 5 nitrogen and oxygen atoms in total. The number of rotatable bonds is 5. The standard InChI is InChI=1S/C24H24N2O3S/c1-18-13-15-22(16-14-18)30(28,29)26-19(2)24(27)25(17-20-9-5-3-6-10-20)23(26)21-11-7-4-8-12-21/h3-16,19,23H,17H2,1-2H3/t19-,23?/m0/s1. The SMILES string of the molecule is Cc1ccc(S(=O)(=O)N2C(c3ccccc3)N(Cc3ccccc3)C(=O)[C@@H]2C)cc1. The minimum absolute atomic E-state index is 0.190. The summed E-state index contributed by atoms with van der Waals surface area (Å²) in [5.74, 6) is -0.205. The lowest BCUT2D eigenvalue weighted by Crippen LogP contribution is -2.38. The van der Waals surface area contributed by atoms with E-state index in [4.69, 9.17) is 0 Å². The predicted octanol–water partition coefficient (Wildman–Crippen LogP) is 4.12. The van der Waals surface area contributed by atoms with Gasteiger partial charge in [0.05, 0.1) is 4.90 Å². The molecule has 154 valence electrons. The van der Waals surface area contributed by atoms with E-state index in [0.717, 1.165) is 16.7 Å². The number of amides is 1. The summed E-state index contributed by atoms with van der Waals surface area (Å²) in [5.41, 5.74) is 2.69. The van der Waals surface area contributed by atoms with Gasteiger partial charge >= 0.3 is 0 Å². The molecular formula is C24H24N2O3S. The molecule has 0 aromatic heterocycles. The van der Waals surface area contributed by atoms with Gasteiger partial charge in [-0.1, -0.05) is 78.4 Å². The zero-order chi connectivity index (χ0) is 21.3. The lowest BCUT2D eigenvalue weighted by molar-refractivity contribution is -0.130. The molecule has 0 spiro atoms. The second-order valence-corrected chi connectivity index (χ2v) is 9.40. The summed E-state index contributed by atoms with van der Waals surface area (Å²) in [6.45, 7) is 3.91. The van der Waals surface area contributed by atoms with Gasteiger partial charge in [-0.25, -0.2) is 8.42 Å². The normalized spacial score (nSPS) is 19.9. The minimum atomic E-state index is -3.89. The van der Waals surface area contributed by atoms with Gasteiger partial charge in [0.2, 0.25) is 15.9 Å². The summed E-state index contributed by atoms with van der Waals surface area (Å²) in [6.07, 6.45) is -0.708. The van der Waals surface area contributed by atoms with Crippen LogP contribution < -0.4 is 0 Å². The second-order valence-electron chi connectivity index (χ2n) is 7.56. The van der Waals surface area contributed by atoms with Crippen molar-refractivity contribution in [2.75, 3.05) is 0 Å². The first-order valence-electron chi connectivity index (χ1n) is 9.89. The zero-order valence-electron chi connectivity index (χ0n) is 17.0. The third-order valence-corrected chi connectivity index (χ3v) is 7.39. The molecular weight excluding hydrogens is 396 g/mol. The molecule has 1 fully saturated rings. The number of hydrogen-bond donors (Lipinski definition) is 0. The summed E-state index contributed by atoms with van der Waals surface area (Å²) >= 11 is 0. The summed E-state index contributed by atoms with van der Waals surface area (Å²) < 4.78 is 28.6. The van der Waals surface area contributed by atoms with Crippen molar-refractivity contribution < 1.29 is 13.2 Å². The molecule has 0 bridgehead atoms. The van der Waals surface area contributed by atoms with Gasteiger partial charge in [-0.2, -0.15) is 4.31 Å². The van der Waals surface area contributed by atoms with Gasteiger partial charge < -0.3 is 4.90 Å². The molecule has 3 aromatic carbocycles. The van der Waals surface area contributed by atoms with E-state index >= 15 is 0 Å². The molecule has 1 aliphatic heterocycles. The molecule has 0 radical (unpaired) electrons. The number of nitrogens with zero attached hydrogens (tertiary/aromatic N) is 2. The Morgan fingerprint density at radius 3 is 2.00 bits per heavy atom. The van der Waals surface area contributed by atoms with Crippen LogP contribution in [0.4, 0.5) is 0 Å². The van der Waals surface area contributed by atoms with Gasteiger partial charge in [0.15, 0.2) is 0 Å². The minimum Gasteiger partial charge on any atom is -0.316 e. The molecule has 1 heterocycles. The van der Waals surface area contributed by atoms with E-state index in [-0.39, 0.29) is 10.8 Å². The van der Waals surface area contributed by atoms with Crippen molar-refractivity contribution in [2.24, 2.45) is 0 Å². The van der Waals surface area contributed by atoms with Crippen molar-refractivity contribution in [3.8, 4) is 0 Å². The van der Waals surface area contributed by atoms with E-state index in [1.807, 2.05) is 67.6 Å². The molecule has 2 atom stereocenters. The van der Waals surface area contributed by atoms with Crippen LogP contribution in [0, 0.1) is 6.92 Å². The molecule has 0 saturated carbocycles.